The lowest BCUT2D eigenvalue weighted by Gasteiger charge is -2.18. The second kappa shape index (κ2) is 5.05. The number of hydrogen-bond donors (Lipinski definition) is 0. The van der Waals surface area contributed by atoms with Gasteiger partial charge in [-0.05, 0) is 39.0 Å². The summed E-state index contributed by atoms with van der Waals surface area (Å²) in [5, 5.41) is 0. The van der Waals surface area contributed by atoms with E-state index in [1.54, 1.807) is 0 Å². The van der Waals surface area contributed by atoms with Crippen molar-refractivity contribution in [2.24, 2.45) is 0 Å². The molecule has 1 rings (SSSR count). The molecule has 0 aromatic rings. The molecule has 1 unspecified atom stereocenters. The fourth-order valence-electron chi connectivity index (χ4n) is 1.68. The van der Waals surface area contributed by atoms with Crippen LogP contribution in [-0.4, -0.2) is 12.1 Å². The monoisotopic (exact) mass is 182 g/mol. The molecule has 0 saturated heterocycles. The molecule has 1 atom stereocenters. The molecule has 0 radical (unpaired) electrons. The fourth-order valence-corrected chi connectivity index (χ4v) is 1.68. The van der Waals surface area contributed by atoms with Gasteiger partial charge in [-0.3, -0.25) is 4.79 Å². The van der Waals surface area contributed by atoms with E-state index in [2.05, 4.69) is 13.0 Å². The van der Waals surface area contributed by atoms with Gasteiger partial charge < -0.3 is 4.74 Å². The molecule has 0 aliphatic heterocycles. The first-order chi connectivity index (χ1) is 6.18. The third-order valence-electron chi connectivity index (χ3n) is 2.42. The van der Waals surface area contributed by atoms with Crippen LogP contribution in [-0.2, 0) is 9.53 Å². The van der Waals surface area contributed by atoms with Crippen molar-refractivity contribution >= 4 is 5.97 Å². The predicted molar refractivity (Wildman–Crippen MR) is 52.4 cm³/mol. The Kier molecular flexibility index (Phi) is 4.00. The molecular formula is C11H18O2. The summed E-state index contributed by atoms with van der Waals surface area (Å²) in [6, 6.07) is 0. The Morgan fingerprint density at radius 3 is 3.00 bits per heavy atom. The van der Waals surface area contributed by atoms with E-state index in [0.717, 1.165) is 32.1 Å². The number of carbonyl (C=O) groups excluding carboxylic acids is 1. The number of hydrogen-bond acceptors (Lipinski definition) is 2. The summed E-state index contributed by atoms with van der Waals surface area (Å²) < 4.78 is 5.21. The molecule has 1 aliphatic rings. The molecule has 0 amide bonds. The minimum Gasteiger partial charge on any atom is -0.463 e. The molecule has 0 fully saturated rings. The highest BCUT2D eigenvalue weighted by molar-refractivity contribution is 5.66. The van der Waals surface area contributed by atoms with E-state index in [1.165, 1.54) is 12.5 Å². The van der Waals surface area contributed by atoms with Gasteiger partial charge in [0.2, 0.25) is 0 Å². The number of carbonyl (C=O) groups is 1. The number of allylic oxidation sites excluding steroid dienone is 2. The highest BCUT2D eigenvalue weighted by atomic mass is 16.5. The van der Waals surface area contributed by atoms with Gasteiger partial charge in [0.1, 0.15) is 6.10 Å². The van der Waals surface area contributed by atoms with Crippen molar-refractivity contribution in [1.29, 1.82) is 0 Å². The quantitative estimate of drug-likeness (QED) is 0.460. The third kappa shape index (κ3) is 4.11. The molecule has 0 aromatic carbocycles. The molecule has 0 aromatic heterocycles. The Bertz CT molecular complexity index is 206. The molecule has 0 bridgehead atoms. The van der Waals surface area contributed by atoms with Crippen LogP contribution < -0.4 is 0 Å². The van der Waals surface area contributed by atoms with E-state index in [4.69, 9.17) is 4.74 Å². The van der Waals surface area contributed by atoms with Gasteiger partial charge in [0.05, 0.1) is 0 Å². The standard InChI is InChI=1S/C11H18O2/c1-9-5-3-4-6-11(8-7-9)13-10(2)12/h5,11H,3-4,6-8H2,1-2H3/b9-5-. The average Bonchev–Trinajstić information content (AvgIpc) is 2.03. The van der Waals surface area contributed by atoms with Gasteiger partial charge in [0.25, 0.3) is 0 Å². The van der Waals surface area contributed by atoms with E-state index in [-0.39, 0.29) is 12.1 Å². The summed E-state index contributed by atoms with van der Waals surface area (Å²) in [4.78, 5) is 10.8. The van der Waals surface area contributed by atoms with Crippen molar-refractivity contribution in [3.8, 4) is 0 Å². The third-order valence-corrected chi connectivity index (χ3v) is 2.42. The Hall–Kier alpha value is -0.790. The van der Waals surface area contributed by atoms with Crippen LogP contribution in [0.4, 0.5) is 0 Å². The Balaban J connectivity index is 2.40. The topological polar surface area (TPSA) is 26.3 Å². The van der Waals surface area contributed by atoms with Gasteiger partial charge in [0.15, 0.2) is 0 Å². The maximum absolute atomic E-state index is 10.8. The van der Waals surface area contributed by atoms with Gasteiger partial charge in [0, 0.05) is 6.92 Å². The van der Waals surface area contributed by atoms with Gasteiger partial charge >= 0.3 is 5.97 Å². The lowest BCUT2D eigenvalue weighted by atomic mass is 9.99. The van der Waals surface area contributed by atoms with E-state index in [9.17, 15) is 4.79 Å². The summed E-state index contributed by atoms with van der Waals surface area (Å²) in [6.45, 7) is 3.64. The molecule has 13 heavy (non-hydrogen) atoms. The highest BCUT2D eigenvalue weighted by Gasteiger charge is 2.13. The minimum absolute atomic E-state index is 0.146. The van der Waals surface area contributed by atoms with E-state index in [1.807, 2.05) is 0 Å². The maximum atomic E-state index is 10.8. The average molecular weight is 182 g/mol. The molecule has 74 valence electrons. The van der Waals surface area contributed by atoms with Crippen LogP contribution in [0.25, 0.3) is 0 Å². The predicted octanol–water partition coefficient (Wildman–Crippen LogP) is 2.83. The first-order valence-electron chi connectivity index (χ1n) is 5.01. The van der Waals surface area contributed by atoms with E-state index < -0.39 is 0 Å². The Morgan fingerprint density at radius 1 is 1.54 bits per heavy atom. The molecule has 1 aliphatic carbocycles. The first-order valence-corrected chi connectivity index (χ1v) is 5.01. The summed E-state index contributed by atoms with van der Waals surface area (Å²) in [7, 11) is 0. The van der Waals surface area contributed by atoms with Crippen molar-refractivity contribution in [3.05, 3.63) is 11.6 Å². The van der Waals surface area contributed by atoms with Crippen molar-refractivity contribution in [3.63, 3.8) is 0 Å². The van der Waals surface area contributed by atoms with Crippen LogP contribution in [0.5, 0.6) is 0 Å². The lowest BCUT2D eigenvalue weighted by Crippen LogP contribution is -2.17. The molecule has 2 nitrogen and oxygen atoms in total. The van der Waals surface area contributed by atoms with Crippen LogP contribution in [0, 0.1) is 0 Å². The smallest absolute Gasteiger partial charge is 0.302 e. The second-order valence-corrected chi connectivity index (χ2v) is 3.75. The number of rotatable bonds is 1. The molecule has 2 heteroatoms. The van der Waals surface area contributed by atoms with Crippen LogP contribution in [0.1, 0.15) is 46.0 Å². The second-order valence-electron chi connectivity index (χ2n) is 3.75. The van der Waals surface area contributed by atoms with Crippen molar-refractivity contribution in [2.45, 2.75) is 52.1 Å². The molecule has 0 N–H and O–H groups in total. The van der Waals surface area contributed by atoms with Crippen molar-refractivity contribution in [2.75, 3.05) is 0 Å². The van der Waals surface area contributed by atoms with E-state index >= 15 is 0 Å². The van der Waals surface area contributed by atoms with Gasteiger partial charge in [-0.2, -0.15) is 0 Å². The van der Waals surface area contributed by atoms with Crippen LogP contribution in [0.3, 0.4) is 0 Å². The Morgan fingerprint density at radius 2 is 2.31 bits per heavy atom. The maximum Gasteiger partial charge on any atom is 0.302 e. The zero-order chi connectivity index (χ0) is 9.68. The van der Waals surface area contributed by atoms with Crippen LogP contribution in [0.15, 0.2) is 11.6 Å². The summed E-state index contributed by atoms with van der Waals surface area (Å²) in [6.07, 6.45) is 7.78. The summed E-state index contributed by atoms with van der Waals surface area (Å²) >= 11 is 0. The lowest BCUT2D eigenvalue weighted by molar-refractivity contribution is -0.147. The summed E-state index contributed by atoms with van der Waals surface area (Å²) in [5.74, 6) is -0.146. The van der Waals surface area contributed by atoms with Gasteiger partial charge in [-0.25, -0.2) is 0 Å². The molecule has 0 saturated carbocycles. The van der Waals surface area contributed by atoms with Crippen molar-refractivity contribution in [1.82, 2.24) is 0 Å². The largest absolute Gasteiger partial charge is 0.463 e. The van der Waals surface area contributed by atoms with Gasteiger partial charge in [-0.15, -0.1) is 0 Å². The fraction of sp³-hybridized carbons (Fsp3) is 0.727. The highest BCUT2D eigenvalue weighted by Crippen LogP contribution is 2.19. The normalized spacial score (nSPS) is 28.2. The Labute approximate surface area is 80.0 Å². The number of esters is 1. The van der Waals surface area contributed by atoms with Crippen LogP contribution in [0.2, 0.25) is 0 Å². The zero-order valence-electron chi connectivity index (χ0n) is 8.51. The minimum atomic E-state index is -0.146. The number of ether oxygens (including phenoxy) is 1. The van der Waals surface area contributed by atoms with Crippen LogP contribution >= 0.6 is 0 Å². The molecular weight excluding hydrogens is 164 g/mol. The molecule has 0 heterocycles. The molecule has 0 spiro atoms. The van der Waals surface area contributed by atoms with E-state index in [0.29, 0.717) is 0 Å². The van der Waals surface area contributed by atoms with Gasteiger partial charge in [-0.1, -0.05) is 11.6 Å². The van der Waals surface area contributed by atoms with Crippen molar-refractivity contribution < 1.29 is 9.53 Å². The summed E-state index contributed by atoms with van der Waals surface area (Å²) in [5.41, 5.74) is 1.43. The zero-order valence-corrected chi connectivity index (χ0v) is 8.51. The first kappa shape index (κ1) is 10.3. The SMILES string of the molecule is CC(=O)OC1CCC/C=C(/C)CC1.